The van der Waals surface area contributed by atoms with Gasteiger partial charge in [0.2, 0.25) is 0 Å². The van der Waals surface area contributed by atoms with E-state index in [9.17, 15) is 0 Å². The lowest BCUT2D eigenvalue weighted by Gasteiger charge is -2.24. The molecule has 3 heteroatoms. The van der Waals surface area contributed by atoms with E-state index in [1.165, 1.54) is 12.1 Å². The average molecular weight is 213 g/mol. The lowest BCUT2D eigenvalue weighted by molar-refractivity contribution is 0.275. The zero-order valence-corrected chi connectivity index (χ0v) is 11.1. The van der Waals surface area contributed by atoms with Crippen LogP contribution in [-0.4, -0.2) is 39.1 Å². The van der Waals surface area contributed by atoms with Crippen molar-refractivity contribution in [3.8, 4) is 0 Å². The third kappa shape index (κ3) is 8.30. The molecule has 0 heterocycles. The van der Waals surface area contributed by atoms with Gasteiger partial charge in [-0.1, -0.05) is 20.8 Å². The second kappa shape index (κ2) is 6.72. The third-order valence-electron chi connectivity index (χ3n) is 2.32. The van der Waals surface area contributed by atoms with Crippen LogP contribution in [0.1, 0.15) is 27.2 Å². The highest BCUT2D eigenvalue weighted by Gasteiger charge is 2.11. The van der Waals surface area contributed by atoms with Crippen LogP contribution in [0.3, 0.4) is 0 Å². The summed E-state index contributed by atoms with van der Waals surface area (Å²) in [5, 5.41) is 6.23. The number of likely N-dealkylation sites (N-methyl/N-ethyl adjacent to an activating group) is 2. The first-order valence-electron chi connectivity index (χ1n) is 5.61. The summed E-state index contributed by atoms with van der Waals surface area (Å²) in [4.78, 5) is 2.34. The van der Waals surface area contributed by atoms with Crippen molar-refractivity contribution in [3.63, 3.8) is 0 Å². The second-order valence-electron chi connectivity index (χ2n) is 5.26. The van der Waals surface area contributed by atoms with Crippen LogP contribution in [0.15, 0.2) is 11.9 Å². The molecule has 0 rings (SSSR count). The maximum atomic E-state index is 3.19. The SMILES string of the molecule is CN/C=C(\CN(C)CCC(C)(C)C)NC. The van der Waals surface area contributed by atoms with E-state index in [1.807, 2.05) is 20.3 Å². The van der Waals surface area contributed by atoms with Crippen molar-refractivity contribution < 1.29 is 0 Å². The molecular weight excluding hydrogens is 186 g/mol. The van der Waals surface area contributed by atoms with Gasteiger partial charge in [0.15, 0.2) is 0 Å². The molecule has 0 aliphatic carbocycles. The Bertz CT molecular complexity index is 192. The Kier molecular flexibility index (Phi) is 6.41. The van der Waals surface area contributed by atoms with Crippen molar-refractivity contribution in [1.82, 2.24) is 15.5 Å². The van der Waals surface area contributed by atoms with Gasteiger partial charge in [-0.3, -0.25) is 0 Å². The van der Waals surface area contributed by atoms with Gasteiger partial charge in [0.1, 0.15) is 0 Å². The number of nitrogens with one attached hydrogen (secondary N) is 2. The Labute approximate surface area is 94.9 Å². The molecule has 0 aromatic rings. The molecule has 90 valence electrons. The zero-order valence-electron chi connectivity index (χ0n) is 11.1. The molecule has 0 aliphatic rings. The molecule has 0 atom stereocenters. The molecule has 0 saturated heterocycles. The van der Waals surface area contributed by atoms with Crippen molar-refractivity contribution >= 4 is 0 Å². The molecule has 0 aromatic heterocycles. The lowest BCUT2D eigenvalue weighted by Crippen LogP contribution is -2.29. The largest absolute Gasteiger partial charge is 0.393 e. The van der Waals surface area contributed by atoms with E-state index in [-0.39, 0.29) is 0 Å². The molecule has 2 N–H and O–H groups in total. The van der Waals surface area contributed by atoms with Gasteiger partial charge in [-0.2, -0.15) is 0 Å². The maximum Gasteiger partial charge on any atom is 0.0406 e. The number of hydrogen-bond donors (Lipinski definition) is 2. The summed E-state index contributed by atoms with van der Waals surface area (Å²) in [5.74, 6) is 0. The van der Waals surface area contributed by atoms with Crippen LogP contribution in [0.25, 0.3) is 0 Å². The summed E-state index contributed by atoms with van der Waals surface area (Å²) >= 11 is 0. The highest BCUT2D eigenvalue weighted by atomic mass is 15.1. The molecule has 3 nitrogen and oxygen atoms in total. The van der Waals surface area contributed by atoms with Crippen molar-refractivity contribution in [2.24, 2.45) is 5.41 Å². The van der Waals surface area contributed by atoms with Gasteiger partial charge < -0.3 is 15.5 Å². The fraction of sp³-hybridized carbons (Fsp3) is 0.833. The first-order chi connectivity index (χ1) is 6.89. The molecule has 0 amide bonds. The summed E-state index contributed by atoms with van der Waals surface area (Å²) in [6, 6.07) is 0. The molecule has 15 heavy (non-hydrogen) atoms. The summed E-state index contributed by atoms with van der Waals surface area (Å²) in [5.41, 5.74) is 1.63. The van der Waals surface area contributed by atoms with Crippen molar-refractivity contribution in [2.75, 3.05) is 34.2 Å². The number of hydrogen-bond acceptors (Lipinski definition) is 3. The predicted octanol–water partition coefficient (Wildman–Crippen LogP) is 1.63. The van der Waals surface area contributed by atoms with E-state index in [1.54, 1.807) is 0 Å². The number of nitrogens with zero attached hydrogens (tertiary/aromatic N) is 1. The minimum atomic E-state index is 0.417. The van der Waals surface area contributed by atoms with Gasteiger partial charge in [0, 0.05) is 32.5 Å². The summed E-state index contributed by atoms with van der Waals surface area (Å²) in [7, 11) is 6.04. The van der Waals surface area contributed by atoms with E-state index in [0.29, 0.717) is 5.41 Å². The smallest absolute Gasteiger partial charge is 0.0406 e. The normalized spacial score (nSPS) is 13.1. The average Bonchev–Trinajstić information content (AvgIpc) is 2.13. The van der Waals surface area contributed by atoms with Gasteiger partial charge in [-0.15, -0.1) is 0 Å². The van der Waals surface area contributed by atoms with E-state index >= 15 is 0 Å². The number of rotatable bonds is 6. The fourth-order valence-corrected chi connectivity index (χ4v) is 1.27. The van der Waals surface area contributed by atoms with Crippen molar-refractivity contribution in [3.05, 3.63) is 11.9 Å². The van der Waals surface area contributed by atoms with Crippen LogP contribution >= 0.6 is 0 Å². The minimum Gasteiger partial charge on any atom is -0.393 e. The third-order valence-corrected chi connectivity index (χ3v) is 2.32. The van der Waals surface area contributed by atoms with Crippen molar-refractivity contribution in [2.45, 2.75) is 27.2 Å². The Morgan fingerprint density at radius 3 is 2.27 bits per heavy atom. The first kappa shape index (κ1) is 14.3. The fourth-order valence-electron chi connectivity index (χ4n) is 1.27. The topological polar surface area (TPSA) is 27.3 Å². The van der Waals surface area contributed by atoms with Crippen LogP contribution in [0, 0.1) is 5.41 Å². The first-order valence-corrected chi connectivity index (χ1v) is 5.61. The summed E-state index contributed by atoms with van der Waals surface area (Å²) in [6.07, 6.45) is 3.23. The molecule has 0 radical (unpaired) electrons. The predicted molar refractivity (Wildman–Crippen MR) is 67.8 cm³/mol. The molecule has 0 saturated carbocycles. The van der Waals surface area contributed by atoms with E-state index in [0.717, 1.165) is 13.1 Å². The quantitative estimate of drug-likeness (QED) is 0.702. The van der Waals surface area contributed by atoms with Crippen LogP contribution in [-0.2, 0) is 0 Å². The molecular formula is C12H27N3. The Hall–Kier alpha value is -0.700. The van der Waals surface area contributed by atoms with E-state index in [2.05, 4.69) is 43.4 Å². The van der Waals surface area contributed by atoms with Gasteiger partial charge in [0.25, 0.3) is 0 Å². The lowest BCUT2D eigenvalue weighted by atomic mass is 9.92. The Morgan fingerprint density at radius 2 is 1.87 bits per heavy atom. The molecule has 0 spiro atoms. The monoisotopic (exact) mass is 213 g/mol. The van der Waals surface area contributed by atoms with Crippen LogP contribution in [0.4, 0.5) is 0 Å². The van der Waals surface area contributed by atoms with Crippen LogP contribution in [0.2, 0.25) is 0 Å². The minimum absolute atomic E-state index is 0.417. The highest BCUT2D eigenvalue weighted by molar-refractivity contribution is 4.99. The van der Waals surface area contributed by atoms with Gasteiger partial charge in [-0.25, -0.2) is 0 Å². The van der Waals surface area contributed by atoms with E-state index in [4.69, 9.17) is 0 Å². The highest BCUT2D eigenvalue weighted by Crippen LogP contribution is 2.18. The van der Waals surface area contributed by atoms with Gasteiger partial charge in [0.05, 0.1) is 0 Å². The second-order valence-corrected chi connectivity index (χ2v) is 5.26. The van der Waals surface area contributed by atoms with Gasteiger partial charge >= 0.3 is 0 Å². The maximum absolute atomic E-state index is 3.19. The van der Waals surface area contributed by atoms with Crippen LogP contribution in [0.5, 0.6) is 0 Å². The summed E-state index contributed by atoms with van der Waals surface area (Å²) < 4.78 is 0. The Morgan fingerprint density at radius 1 is 1.27 bits per heavy atom. The van der Waals surface area contributed by atoms with Gasteiger partial charge in [-0.05, 0) is 25.4 Å². The molecule has 0 unspecified atom stereocenters. The molecule has 0 aliphatic heterocycles. The molecule has 0 aromatic carbocycles. The standard InChI is InChI=1S/C12H27N3/c1-12(2,3)7-8-15(6)10-11(14-5)9-13-4/h9,13-14H,7-8,10H2,1-6H3/b11-9+. The van der Waals surface area contributed by atoms with E-state index < -0.39 is 0 Å². The molecule has 0 fully saturated rings. The van der Waals surface area contributed by atoms with Crippen LogP contribution < -0.4 is 10.6 Å². The summed E-state index contributed by atoms with van der Waals surface area (Å²) in [6.45, 7) is 8.94. The van der Waals surface area contributed by atoms with Crippen molar-refractivity contribution in [1.29, 1.82) is 0 Å². The zero-order chi connectivity index (χ0) is 11.9. The Balaban J connectivity index is 3.91. The molecule has 0 bridgehead atoms.